The van der Waals surface area contributed by atoms with E-state index in [0.29, 0.717) is 18.8 Å². The topological polar surface area (TPSA) is 66.5 Å². The van der Waals surface area contributed by atoms with Crippen LogP contribution in [0.25, 0.3) is 0 Å². The highest BCUT2D eigenvalue weighted by molar-refractivity contribution is 7.89. The molecule has 1 rings (SSSR count). The second kappa shape index (κ2) is 8.80. The first kappa shape index (κ1) is 20.1. The van der Waals surface area contributed by atoms with E-state index in [-0.39, 0.29) is 10.8 Å². The normalized spacial score (nSPS) is 12.4. The minimum atomic E-state index is -3.57. The molecule has 0 aliphatic carbocycles. The van der Waals surface area contributed by atoms with Crippen molar-refractivity contribution >= 4 is 21.6 Å². The lowest BCUT2D eigenvalue weighted by molar-refractivity contribution is -0.111. The Morgan fingerprint density at radius 2 is 1.79 bits per heavy atom. The van der Waals surface area contributed by atoms with E-state index in [4.69, 9.17) is 0 Å². The van der Waals surface area contributed by atoms with Crippen molar-refractivity contribution in [1.29, 1.82) is 0 Å². The molecule has 1 amide bonds. The summed E-state index contributed by atoms with van der Waals surface area (Å²) in [4.78, 5) is 12.2. The third-order valence-electron chi connectivity index (χ3n) is 3.79. The molecule has 0 heterocycles. The van der Waals surface area contributed by atoms with Crippen LogP contribution in [-0.2, 0) is 14.8 Å². The van der Waals surface area contributed by atoms with Gasteiger partial charge in [0, 0.05) is 24.9 Å². The van der Waals surface area contributed by atoms with Crippen molar-refractivity contribution < 1.29 is 13.2 Å². The fourth-order valence-corrected chi connectivity index (χ4v) is 3.82. The number of anilines is 1. The van der Waals surface area contributed by atoms with Crippen molar-refractivity contribution in [3.05, 3.63) is 47.6 Å². The number of benzene rings is 1. The van der Waals surface area contributed by atoms with E-state index in [0.717, 1.165) is 11.1 Å². The quantitative estimate of drug-likeness (QED) is 0.605. The minimum Gasteiger partial charge on any atom is -0.322 e. The van der Waals surface area contributed by atoms with Crippen molar-refractivity contribution in [2.75, 3.05) is 18.4 Å². The van der Waals surface area contributed by atoms with Gasteiger partial charge in [0.25, 0.3) is 0 Å². The first-order valence-corrected chi connectivity index (χ1v) is 9.43. The minimum absolute atomic E-state index is 0.196. The van der Waals surface area contributed by atoms with E-state index >= 15 is 0 Å². The van der Waals surface area contributed by atoms with Gasteiger partial charge in [-0.25, -0.2) is 8.42 Å². The van der Waals surface area contributed by atoms with Gasteiger partial charge in [0.15, 0.2) is 0 Å². The lowest BCUT2D eigenvalue weighted by Gasteiger charge is -2.20. The Kier molecular flexibility index (Phi) is 7.38. The van der Waals surface area contributed by atoms with Crippen LogP contribution in [0.3, 0.4) is 0 Å². The molecule has 0 radical (unpaired) electrons. The molecule has 24 heavy (non-hydrogen) atoms. The SMILES string of the molecule is C/C=C/C=C/C(=O)Nc1cc(S(=O)(=O)N(CC)CC)cc(C)c1C. The van der Waals surface area contributed by atoms with Crippen LogP contribution in [0.5, 0.6) is 0 Å². The number of carbonyl (C=O) groups excluding carboxylic acids is 1. The first-order valence-electron chi connectivity index (χ1n) is 7.99. The Labute approximate surface area is 145 Å². The summed E-state index contributed by atoms with van der Waals surface area (Å²) in [5.74, 6) is -0.298. The van der Waals surface area contributed by atoms with Crippen molar-refractivity contribution in [3.8, 4) is 0 Å². The summed E-state index contributed by atoms with van der Waals surface area (Å²) in [6.07, 6.45) is 6.60. The van der Waals surface area contributed by atoms with Crippen LogP contribution in [0, 0.1) is 13.8 Å². The fourth-order valence-electron chi connectivity index (χ4n) is 2.25. The van der Waals surface area contributed by atoms with E-state index in [1.165, 1.54) is 16.4 Å². The highest BCUT2D eigenvalue weighted by atomic mass is 32.2. The molecule has 1 N–H and O–H groups in total. The molecular formula is C18H26N2O3S. The first-order chi connectivity index (χ1) is 11.3. The number of rotatable bonds is 7. The van der Waals surface area contributed by atoms with Gasteiger partial charge in [-0.1, -0.05) is 32.1 Å². The van der Waals surface area contributed by atoms with Gasteiger partial charge >= 0.3 is 0 Å². The maximum absolute atomic E-state index is 12.7. The van der Waals surface area contributed by atoms with Crippen molar-refractivity contribution in [3.63, 3.8) is 0 Å². The average Bonchev–Trinajstić information content (AvgIpc) is 2.52. The van der Waals surface area contributed by atoms with Crippen LogP contribution in [-0.4, -0.2) is 31.7 Å². The van der Waals surface area contributed by atoms with Gasteiger partial charge < -0.3 is 5.32 Å². The van der Waals surface area contributed by atoms with Gasteiger partial charge in [-0.2, -0.15) is 4.31 Å². The number of nitrogens with one attached hydrogen (secondary N) is 1. The van der Waals surface area contributed by atoms with Crippen molar-refractivity contribution in [2.45, 2.75) is 39.5 Å². The van der Waals surface area contributed by atoms with Gasteiger partial charge in [0.2, 0.25) is 15.9 Å². The summed E-state index contributed by atoms with van der Waals surface area (Å²) in [7, 11) is -3.57. The molecule has 0 bridgehead atoms. The molecule has 1 aromatic carbocycles. The Morgan fingerprint density at radius 1 is 1.17 bits per heavy atom. The van der Waals surface area contributed by atoms with Crippen molar-refractivity contribution in [2.24, 2.45) is 0 Å². The second-order valence-corrected chi connectivity index (χ2v) is 7.31. The number of hydrogen-bond donors (Lipinski definition) is 1. The zero-order valence-corrected chi connectivity index (χ0v) is 15.8. The molecule has 0 saturated carbocycles. The molecule has 6 heteroatoms. The molecule has 0 spiro atoms. The Bertz CT molecular complexity index is 746. The van der Waals surface area contributed by atoms with Crippen LogP contribution >= 0.6 is 0 Å². The summed E-state index contributed by atoms with van der Waals surface area (Å²) >= 11 is 0. The number of hydrogen-bond acceptors (Lipinski definition) is 3. The molecule has 0 aliphatic heterocycles. The summed E-state index contributed by atoms with van der Waals surface area (Å²) in [5.41, 5.74) is 2.17. The summed E-state index contributed by atoms with van der Waals surface area (Å²) in [6.45, 7) is 9.96. The van der Waals surface area contributed by atoms with Gasteiger partial charge in [-0.3, -0.25) is 4.79 Å². The highest BCUT2D eigenvalue weighted by Gasteiger charge is 2.23. The van der Waals surface area contributed by atoms with E-state index in [1.54, 1.807) is 32.1 Å². The van der Waals surface area contributed by atoms with E-state index < -0.39 is 10.0 Å². The van der Waals surface area contributed by atoms with E-state index in [1.807, 2.05) is 26.8 Å². The number of allylic oxidation sites excluding steroid dienone is 3. The molecule has 132 valence electrons. The van der Waals surface area contributed by atoms with Gasteiger partial charge in [-0.05, 0) is 44.0 Å². The van der Waals surface area contributed by atoms with Crippen LogP contribution < -0.4 is 5.32 Å². The molecular weight excluding hydrogens is 324 g/mol. The highest BCUT2D eigenvalue weighted by Crippen LogP contribution is 2.26. The maximum atomic E-state index is 12.7. The number of nitrogens with zero attached hydrogens (tertiary/aromatic N) is 1. The smallest absolute Gasteiger partial charge is 0.248 e. The number of amides is 1. The second-order valence-electron chi connectivity index (χ2n) is 5.38. The van der Waals surface area contributed by atoms with Crippen LogP contribution in [0.1, 0.15) is 31.9 Å². The van der Waals surface area contributed by atoms with Crippen LogP contribution in [0.15, 0.2) is 41.3 Å². The lowest BCUT2D eigenvalue weighted by Crippen LogP contribution is -2.30. The Hall–Kier alpha value is -1.92. The van der Waals surface area contributed by atoms with E-state index in [9.17, 15) is 13.2 Å². The molecule has 0 fully saturated rings. The Morgan fingerprint density at radius 3 is 2.33 bits per heavy atom. The molecule has 0 aliphatic rings. The molecule has 0 unspecified atom stereocenters. The zero-order chi connectivity index (χ0) is 18.3. The molecule has 0 aromatic heterocycles. The number of aryl methyl sites for hydroxylation is 1. The molecule has 5 nitrogen and oxygen atoms in total. The summed E-state index contributed by atoms with van der Waals surface area (Å²) in [6, 6.07) is 3.17. The van der Waals surface area contributed by atoms with Gasteiger partial charge in [0.1, 0.15) is 0 Å². The molecule has 1 aromatic rings. The van der Waals surface area contributed by atoms with Gasteiger partial charge in [-0.15, -0.1) is 0 Å². The summed E-state index contributed by atoms with van der Waals surface area (Å²) < 4.78 is 26.8. The monoisotopic (exact) mass is 350 g/mol. The lowest BCUT2D eigenvalue weighted by atomic mass is 10.1. The fraction of sp³-hybridized carbons (Fsp3) is 0.389. The largest absolute Gasteiger partial charge is 0.322 e. The average molecular weight is 350 g/mol. The van der Waals surface area contributed by atoms with Crippen molar-refractivity contribution in [1.82, 2.24) is 4.31 Å². The predicted octanol–water partition coefficient (Wildman–Crippen LogP) is 3.40. The molecule has 0 atom stereocenters. The van der Waals surface area contributed by atoms with Crippen LogP contribution in [0.2, 0.25) is 0 Å². The van der Waals surface area contributed by atoms with Gasteiger partial charge in [0.05, 0.1) is 4.90 Å². The van der Waals surface area contributed by atoms with E-state index in [2.05, 4.69) is 5.32 Å². The maximum Gasteiger partial charge on any atom is 0.248 e. The third-order valence-corrected chi connectivity index (χ3v) is 5.82. The standard InChI is InChI=1S/C18H26N2O3S/c1-6-9-10-11-18(21)19-17-13-16(12-14(4)15(17)5)24(22,23)20(7-2)8-3/h6,9-13H,7-8H2,1-5H3,(H,19,21)/b9-6+,11-10+. The Balaban J connectivity index is 3.25. The third kappa shape index (κ3) is 4.79. The number of carbonyl (C=O) groups is 1. The number of sulfonamides is 1. The summed E-state index contributed by atoms with van der Waals surface area (Å²) in [5, 5.41) is 2.75. The molecule has 0 saturated heterocycles. The van der Waals surface area contributed by atoms with Crippen LogP contribution in [0.4, 0.5) is 5.69 Å². The zero-order valence-electron chi connectivity index (χ0n) is 15.0. The predicted molar refractivity (Wildman–Crippen MR) is 98.6 cm³/mol.